The van der Waals surface area contributed by atoms with Crippen molar-refractivity contribution in [3.05, 3.63) is 33.3 Å². The van der Waals surface area contributed by atoms with Crippen LogP contribution in [0.1, 0.15) is 12.5 Å². The summed E-state index contributed by atoms with van der Waals surface area (Å²) in [4.78, 5) is 10.9. The first-order valence-corrected chi connectivity index (χ1v) is 8.25. The number of nitrogens with two attached hydrogens (primary N) is 1. The van der Waals surface area contributed by atoms with Crippen molar-refractivity contribution in [3.8, 4) is 0 Å². The summed E-state index contributed by atoms with van der Waals surface area (Å²) in [5.74, 6) is -0.961. The number of halogens is 2. The van der Waals surface area contributed by atoms with Crippen molar-refractivity contribution in [1.82, 2.24) is 4.31 Å². The van der Waals surface area contributed by atoms with Gasteiger partial charge in [0.15, 0.2) is 0 Å². The average molecular weight is 370 g/mol. The summed E-state index contributed by atoms with van der Waals surface area (Å²) in [6.07, 6.45) is 0. The Morgan fingerprint density at radius 3 is 2.63 bits per heavy atom. The Kier molecular flexibility index (Phi) is 5.79. The van der Waals surface area contributed by atoms with Crippen molar-refractivity contribution in [1.29, 1.82) is 0 Å². The first kappa shape index (κ1) is 16.4. The second-order valence-corrected chi connectivity index (χ2v) is 7.06. The lowest BCUT2D eigenvalue weighted by Gasteiger charge is -2.19. The summed E-state index contributed by atoms with van der Waals surface area (Å²) in [6.45, 7) is 1.49. The molecule has 0 radical (unpaired) electrons. The van der Waals surface area contributed by atoms with E-state index in [1.54, 1.807) is 25.1 Å². The Bertz CT molecular complexity index is 577. The van der Waals surface area contributed by atoms with Crippen molar-refractivity contribution in [2.45, 2.75) is 12.7 Å². The van der Waals surface area contributed by atoms with Gasteiger partial charge >= 0.3 is 0 Å². The highest BCUT2D eigenvalue weighted by molar-refractivity contribution is 9.10. The van der Waals surface area contributed by atoms with Gasteiger partial charge in [-0.15, -0.1) is 0 Å². The molecular formula is C11H14BrClN2O3S. The van der Waals surface area contributed by atoms with Gasteiger partial charge < -0.3 is 5.73 Å². The standard InChI is InChI=1S/C11H14BrClN2O3S/c1-2-15(6-10(14)16)19(17,18)7-8-4-3-5-9(12)11(8)13/h3-5H,2,6-7H2,1H3,(H2,14,16). The molecule has 0 aliphatic heterocycles. The SMILES string of the molecule is CCN(CC(N)=O)S(=O)(=O)Cc1cccc(Br)c1Cl. The molecular weight excluding hydrogens is 356 g/mol. The van der Waals surface area contributed by atoms with E-state index in [0.29, 0.717) is 15.1 Å². The van der Waals surface area contributed by atoms with Crippen LogP contribution in [0.15, 0.2) is 22.7 Å². The van der Waals surface area contributed by atoms with Crippen molar-refractivity contribution >= 4 is 43.5 Å². The van der Waals surface area contributed by atoms with E-state index >= 15 is 0 Å². The van der Waals surface area contributed by atoms with Crippen LogP contribution in [0.25, 0.3) is 0 Å². The van der Waals surface area contributed by atoms with Crippen LogP contribution < -0.4 is 5.73 Å². The third-order valence-corrected chi connectivity index (χ3v) is 5.63. The maximum absolute atomic E-state index is 12.2. The van der Waals surface area contributed by atoms with Crippen LogP contribution in [0.2, 0.25) is 5.02 Å². The first-order valence-electron chi connectivity index (χ1n) is 5.47. The van der Waals surface area contributed by atoms with E-state index in [1.807, 2.05) is 0 Å². The largest absolute Gasteiger partial charge is 0.369 e. The van der Waals surface area contributed by atoms with Gasteiger partial charge in [0, 0.05) is 11.0 Å². The molecule has 0 aliphatic rings. The van der Waals surface area contributed by atoms with Gasteiger partial charge in [0.1, 0.15) is 0 Å². The molecule has 8 heteroatoms. The summed E-state index contributed by atoms with van der Waals surface area (Å²) in [5.41, 5.74) is 5.51. The average Bonchev–Trinajstić information content (AvgIpc) is 2.31. The molecule has 0 aromatic heterocycles. The summed E-state index contributed by atoms with van der Waals surface area (Å²) < 4.78 is 26.0. The fraction of sp³-hybridized carbons (Fsp3) is 0.364. The van der Waals surface area contributed by atoms with Crippen molar-refractivity contribution in [3.63, 3.8) is 0 Å². The van der Waals surface area contributed by atoms with Gasteiger partial charge in [0.05, 0.1) is 17.3 Å². The zero-order valence-corrected chi connectivity index (χ0v) is 13.4. The van der Waals surface area contributed by atoms with Crippen molar-refractivity contribution in [2.24, 2.45) is 5.73 Å². The van der Waals surface area contributed by atoms with Gasteiger partial charge in [0.25, 0.3) is 0 Å². The molecule has 1 amide bonds. The number of nitrogens with zero attached hydrogens (tertiary/aromatic N) is 1. The smallest absolute Gasteiger partial charge is 0.232 e. The molecule has 0 fully saturated rings. The van der Waals surface area contributed by atoms with Crippen LogP contribution in [0.4, 0.5) is 0 Å². The van der Waals surface area contributed by atoms with Crippen LogP contribution in [0.5, 0.6) is 0 Å². The summed E-state index contributed by atoms with van der Waals surface area (Å²) in [7, 11) is -3.63. The number of benzene rings is 1. The zero-order chi connectivity index (χ0) is 14.6. The second-order valence-electron chi connectivity index (χ2n) is 3.86. The van der Waals surface area contributed by atoms with E-state index in [-0.39, 0.29) is 18.8 Å². The molecule has 5 nitrogen and oxygen atoms in total. The van der Waals surface area contributed by atoms with Crippen LogP contribution in [-0.4, -0.2) is 31.7 Å². The third kappa shape index (κ3) is 4.45. The quantitative estimate of drug-likeness (QED) is 0.829. The van der Waals surface area contributed by atoms with E-state index in [2.05, 4.69) is 15.9 Å². The summed E-state index contributed by atoms with van der Waals surface area (Å²) in [5, 5.41) is 0.348. The fourth-order valence-electron chi connectivity index (χ4n) is 1.53. The van der Waals surface area contributed by atoms with Gasteiger partial charge in [0.2, 0.25) is 15.9 Å². The second kappa shape index (κ2) is 6.69. The topological polar surface area (TPSA) is 80.5 Å². The molecule has 0 saturated carbocycles. The number of sulfonamides is 1. The van der Waals surface area contributed by atoms with E-state index in [9.17, 15) is 13.2 Å². The molecule has 1 rings (SSSR count). The zero-order valence-electron chi connectivity index (χ0n) is 10.3. The lowest BCUT2D eigenvalue weighted by Crippen LogP contribution is -2.38. The molecule has 1 aromatic rings. The minimum atomic E-state index is -3.63. The predicted molar refractivity (Wildman–Crippen MR) is 78.2 cm³/mol. The summed E-state index contributed by atoms with van der Waals surface area (Å²) in [6, 6.07) is 5.05. The normalized spacial score (nSPS) is 11.8. The van der Waals surface area contributed by atoms with Crippen molar-refractivity contribution in [2.75, 3.05) is 13.1 Å². The lowest BCUT2D eigenvalue weighted by molar-refractivity contribution is -0.118. The molecule has 2 N–H and O–H groups in total. The number of rotatable bonds is 6. The van der Waals surface area contributed by atoms with E-state index < -0.39 is 15.9 Å². The number of primary amides is 1. The van der Waals surface area contributed by atoms with Gasteiger partial charge in [-0.2, -0.15) is 4.31 Å². The van der Waals surface area contributed by atoms with Crippen LogP contribution in [-0.2, 0) is 20.6 Å². The van der Waals surface area contributed by atoms with Gasteiger partial charge in [-0.3, -0.25) is 4.79 Å². The Hall–Kier alpha value is -0.630. The first-order chi connectivity index (χ1) is 8.77. The van der Waals surface area contributed by atoms with Gasteiger partial charge in [-0.1, -0.05) is 30.7 Å². The molecule has 0 bridgehead atoms. The molecule has 19 heavy (non-hydrogen) atoms. The molecule has 0 atom stereocenters. The van der Waals surface area contributed by atoms with E-state index in [4.69, 9.17) is 17.3 Å². The molecule has 0 saturated heterocycles. The molecule has 0 aliphatic carbocycles. The number of amides is 1. The summed E-state index contributed by atoms with van der Waals surface area (Å²) >= 11 is 9.26. The predicted octanol–water partition coefficient (Wildman–Crippen LogP) is 1.74. The van der Waals surface area contributed by atoms with E-state index in [0.717, 1.165) is 4.31 Å². The Morgan fingerprint density at radius 2 is 2.11 bits per heavy atom. The maximum Gasteiger partial charge on any atom is 0.232 e. The third-order valence-electron chi connectivity index (χ3n) is 2.45. The van der Waals surface area contributed by atoms with E-state index in [1.165, 1.54) is 0 Å². The minimum Gasteiger partial charge on any atom is -0.369 e. The molecule has 0 heterocycles. The maximum atomic E-state index is 12.2. The minimum absolute atomic E-state index is 0.177. The van der Waals surface area contributed by atoms with Crippen LogP contribution in [0.3, 0.4) is 0 Å². The number of carbonyl (C=O) groups is 1. The number of hydrogen-bond donors (Lipinski definition) is 1. The van der Waals surface area contributed by atoms with Crippen molar-refractivity contribution < 1.29 is 13.2 Å². The highest BCUT2D eigenvalue weighted by Crippen LogP contribution is 2.27. The molecule has 1 aromatic carbocycles. The monoisotopic (exact) mass is 368 g/mol. The molecule has 0 unspecified atom stereocenters. The highest BCUT2D eigenvalue weighted by Gasteiger charge is 2.23. The van der Waals surface area contributed by atoms with Gasteiger partial charge in [-0.05, 0) is 27.6 Å². The van der Waals surface area contributed by atoms with Gasteiger partial charge in [-0.25, -0.2) is 8.42 Å². The Balaban J connectivity index is 3.01. The number of likely N-dealkylation sites (N-methyl/N-ethyl adjacent to an activating group) is 1. The fourth-order valence-corrected chi connectivity index (χ4v) is 3.74. The lowest BCUT2D eigenvalue weighted by atomic mass is 10.2. The van der Waals surface area contributed by atoms with Crippen LogP contribution >= 0.6 is 27.5 Å². The number of hydrogen-bond acceptors (Lipinski definition) is 3. The van der Waals surface area contributed by atoms with Crippen LogP contribution in [0, 0.1) is 0 Å². The Labute approximate surface area is 125 Å². The highest BCUT2D eigenvalue weighted by atomic mass is 79.9. The Morgan fingerprint density at radius 1 is 1.47 bits per heavy atom. The number of carbonyl (C=O) groups excluding carboxylic acids is 1. The molecule has 0 spiro atoms. The molecule has 106 valence electrons.